The van der Waals surface area contributed by atoms with Crippen LogP contribution in [-0.2, 0) is 0 Å². The molecule has 0 radical (unpaired) electrons. The molecule has 1 saturated heterocycles. The standard InChI is InChI=1S/C14H29N3/c1-11-9-13(7-8-16(11)3)15-10-12(2)17(4)14-5-6-14/h11-15H,5-10H2,1-4H3. The minimum absolute atomic E-state index is 0.678. The van der Waals surface area contributed by atoms with Crippen LogP contribution < -0.4 is 5.32 Å². The van der Waals surface area contributed by atoms with Crippen LogP contribution in [0.25, 0.3) is 0 Å². The van der Waals surface area contributed by atoms with Crippen molar-refractivity contribution in [2.24, 2.45) is 0 Å². The predicted molar refractivity (Wildman–Crippen MR) is 73.4 cm³/mol. The topological polar surface area (TPSA) is 18.5 Å². The Labute approximate surface area is 107 Å². The first-order chi connectivity index (χ1) is 8.08. The van der Waals surface area contributed by atoms with E-state index in [0.29, 0.717) is 6.04 Å². The SMILES string of the molecule is CC1CC(NCC(C)N(C)C2CC2)CCN1C. The van der Waals surface area contributed by atoms with Crippen molar-refractivity contribution < 1.29 is 0 Å². The zero-order valence-electron chi connectivity index (χ0n) is 11.9. The van der Waals surface area contributed by atoms with Crippen molar-refractivity contribution in [1.82, 2.24) is 15.1 Å². The number of likely N-dealkylation sites (tertiary alicyclic amines) is 1. The summed E-state index contributed by atoms with van der Waals surface area (Å²) in [6.07, 6.45) is 5.43. The van der Waals surface area contributed by atoms with Crippen molar-refractivity contribution in [3.05, 3.63) is 0 Å². The van der Waals surface area contributed by atoms with Gasteiger partial charge < -0.3 is 10.2 Å². The van der Waals surface area contributed by atoms with E-state index in [-0.39, 0.29) is 0 Å². The number of hydrogen-bond donors (Lipinski definition) is 1. The van der Waals surface area contributed by atoms with E-state index in [4.69, 9.17) is 0 Å². The average Bonchev–Trinajstić information content (AvgIpc) is 3.13. The number of piperidine rings is 1. The second-order valence-electron chi connectivity index (χ2n) is 6.20. The Balaban J connectivity index is 1.67. The quantitative estimate of drug-likeness (QED) is 0.785. The minimum Gasteiger partial charge on any atom is -0.312 e. The van der Waals surface area contributed by atoms with Crippen molar-refractivity contribution in [3.63, 3.8) is 0 Å². The van der Waals surface area contributed by atoms with Gasteiger partial charge in [0.15, 0.2) is 0 Å². The van der Waals surface area contributed by atoms with Crippen LogP contribution in [0.15, 0.2) is 0 Å². The van der Waals surface area contributed by atoms with E-state index in [2.05, 4.69) is 43.1 Å². The summed E-state index contributed by atoms with van der Waals surface area (Å²) in [5.74, 6) is 0. The lowest BCUT2D eigenvalue weighted by molar-refractivity contribution is 0.159. The van der Waals surface area contributed by atoms with E-state index in [1.165, 1.54) is 32.2 Å². The largest absolute Gasteiger partial charge is 0.312 e. The van der Waals surface area contributed by atoms with Gasteiger partial charge in [0.1, 0.15) is 0 Å². The highest BCUT2D eigenvalue weighted by Crippen LogP contribution is 2.26. The molecule has 1 N–H and O–H groups in total. The summed E-state index contributed by atoms with van der Waals surface area (Å²) in [7, 11) is 4.52. The molecule has 1 aliphatic heterocycles. The van der Waals surface area contributed by atoms with Crippen LogP contribution in [0.2, 0.25) is 0 Å². The highest BCUT2D eigenvalue weighted by molar-refractivity contribution is 4.87. The fourth-order valence-corrected chi connectivity index (χ4v) is 2.80. The van der Waals surface area contributed by atoms with E-state index in [1.807, 2.05) is 0 Å². The molecule has 2 fully saturated rings. The van der Waals surface area contributed by atoms with Crippen LogP contribution in [0.5, 0.6) is 0 Å². The molecule has 1 saturated carbocycles. The minimum atomic E-state index is 0.678. The Morgan fingerprint density at radius 3 is 2.65 bits per heavy atom. The summed E-state index contributed by atoms with van der Waals surface area (Å²) < 4.78 is 0. The molecule has 0 amide bonds. The van der Waals surface area contributed by atoms with Crippen molar-refractivity contribution in [3.8, 4) is 0 Å². The lowest BCUT2D eigenvalue weighted by Crippen LogP contribution is -2.49. The van der Waals surface area contributed by atoms with E-state index in [0.717, 1.165) is 24.7 Å². The summed E-state index contributed by atoms with van der Waals surface area (Å²) in [5.41, 5.74) is 0. The number of nitrogens with one attached hydrogen (secondary N) is 1. The van der Waals surface area contributed by atoms with Gasteiger partial charge in [0.2, 0.25) is 0 Å². The molecule has 0 aromatic carbocycles. The first-order valence-electron chi connectivity index (χ1n) is 7.23. The number of hydrogen-bond acceptors (Lipinski definition) is 3. The van der Waals surface area contributed by atoms with Gasteiger partial charge in [0.25, 0.3) is 0 Å². The van der Waals surface area contributed by atoms with Crippen molar-refractivity contribution >= 4 is 0 Å². The van der Waals surface area contributed by atoms with Crippen molar-refractivity contribution in [2.75, 3.05) is 27.2 Å². The average molecular weight is 239 g/mol. The Kier molecular flexibility index (Phi) is 4.45. The van der Waals surface area contributed by atoms with Crippen LogP contribution in [-0.4, -0.2) is 61.2 Å². The third kappa shape index (κ3) is 3.67. The first-order valence-corrected chi connectivity index (χ1v) is 7.23. The molecule has 3 atom stereocenters. The number of nitrogens with zero attached hydrogens (tertiary/aromatic N) is 2. The summed E-state index contributed by atoms with van der Waals surface area (Å²) in [4.78, 5) is 5.02. The second-order valence-corrected chi connectivity index (χ2v) is 6.20. The van der Waals surface area contributed by atoms with Crippen molar-refractivity contribution in [2.45, 2.75) is 63.7 Å². The molecule has 0 aromatic rings. The van der Waals surface area contributed by atoms with Gasteiger partial charge in [-0.2, -0.15) is 0 Å². The van der Waals surface area contributed by atoms with Crippen LogP contribution in [0.3, 0.4) is 0 Å². The number of likely N-dealkylation sites (N-methyl/N-ethyl adjacent to an activating group) is 1. The molecule has 3 unspecified atom stereocenters. The number of rotatable bonds is 5. The van der Waals surface area contributed by atoms with Gasteiger partial charge in [0, 0.05) is 30.7 Å². The molecule has 17 heavy (non-hydrogen) atoms. The highest BCUT2D eigenvalue weighted by Gasteiger charge is 2.29. The van der Waals surface area contributed by atoms with Crippen LogP contribution in [0.4, 0.5) is 0 Å². The third-order valence-electron chi connectivity index (χ3n) is 4.73. The van der Waals surface area contributed by atoms with E-state index >= 15 is 0 Å². The maximum absolute atomic E-state index is 3.77. The lowest BCUT2D eigenvalue weighted by atomic mass is 9.99. The summed E-state index contributed by atoms with van der Waals surface area (Å²) in [6, 6.07) is 3.02. The van der Waals surface area contributed by atoms with E-state index in [1.54, 1.807) is 0 Å². The van der Waals surface area contributed by atoms with Crippen LogP contribution >= 0.6 is 0 Å². The van der Waals surface area contributed by atoms with Crippen molar-refractivity contribution in [1.29, 1.82) is 0 Å². The maximum Gasteiger partial charge on any atom is 0.0192 e. The smallest absolute Gasteiger partial charge is 0.0192 e. The van der Waals surface area contributed by atoms with Gasteiger partial charge >= 0.3 is 0 Å². The Morgan fingerprint density at radius 2 is 2.06 bits per heavy atom. The van der Waals surface area contributed by atoms with Gasteiger partial charge in [-0.25, -0.2) is 0 Å². The predicted octanol–water partition coefficient (Wildman–Crippen LogP) is 1.54. The summed E-state index contributed by atoms with van der Waals surface area (Å²) in [6.45, 7) is 7.08. The van der Waals surface area contributed by atoms with Crippen LogP contribution in [0, 0.1) is 0 Å². The summed E-state index contributed by atoms with van der Waals surface area (Å²) >= 11 is 0. The first kappa shape index (κ1) is 13.3. The zero-order chi connectivity index (χ0) is 12.4. The lowest BCUT2D eigenvalue weighted by Gasteiger charge is -2.36. The van der Waals surface area contributed by atoms with Gasteiger partial charge in [-0.15, -0.1) is 0 Å². The highest BCUT2D eigenvalue weighted by atomic mass is 15.2. The molecule has 1 aliphatic carbocycles. The summed E-state index contributed by atoms with van der Waals surface area (Å²) in [5, 5.41) is 3.77. The Morgan fingerprint density at radius 1 is 1.35 bits per heavy atom. The Bertz CT molecular complexity index is 240. The molecule has 2 aliphatic rings. The fraction of sp³-hybridized carbons (Fsp3) is 1.00. The monoisotopic (exact) mass is 239 g/mol. The van der Waals surface area contributed by atoms with Gasteiger partial charge in [0.05, 0.1) is 0 Å². The zero-order valence-corrected chi connectivity index (χ0v) is 11.9. The molecule has 1 heterocycles. The van der Waals surface area contributed by atoms with E-state index < -0.39 is 0 Å². The molecule has 3 heteroatoms. The van der Waals surface area contributed by atoms with Gasteiger partial charge in [-0.3, -0.25) is 4.90 Å². The second kappa shape index (κ2) is 5.68. The van der Waals surface area contributed by atoms with Gasteiger partial charge in [-0.1, -0.05) is 0 Å². The molecule has 3 nitrogen and oxygen atoms in total. The maximum atomic E-state index is 3.77. The molecule has 0 aromatic heterocycles. The fourth-order valence-electron chi connectivity index (χ4n) is 2.80. The molecular weight excluding hydrogens is 210 g/mol. The molecule has 2 rings (SSSR count). The van der Waals surface area contributed by atoms with Crippen LogP contribution in [0.1, 0.15) is 39.5 Å². The normalized spacial score (nSPS) is 33.0. The molecule has 0 spiro atoms. The molecule has 0 bridgehead atoms. The molecular formula is C14H29N3. The molecule has 100 valence electrons. The van der Waals surface area contributed by atoms with Gasteiger partial charge in [-0.05, 0) is 60.2 Å². The Hall–Kier alpha value is -0.120. The third-order valence-corrected chi connectivity index (χ3v) is 4.73. The van der Waals surface area contributed by atoms with E-state index in [9.17, 15) is 0 Å².